The van der Waals surface area contributed by atoms with E-state index in [2.05, 4.69) is 5.32 Å². The van der Waals surface area contributed by atoms with E-state index in [9.17, 15) is 4.39 Å². The van der Waals surface area contributed by atoms with Crippen LogP contribution < -0.4 is 11.1 Å². The summed E-state index contributed by atoms with van der Waals surface area (Å²) in [6, 6.07) is 3.00. The zero-order valence-corrected chi connectivity index (χ0v) is 8.44. The SMILES string of the molecule is Nc1cc(F)c(C2CCCN2)cc1Cl. The van der Waals surface area contributed by atoms with Crippen LogP contribution >= 0.6 is 11.6 Å². The highest BCUT2D eigenvalue weighted by Gasteiger charge is 2.20. The quantitative estimate of drug-likeness (QED) is 0.705. The van der Waals surface area contributed by atoms with E-state index in [0.29, 0.717) is 16.3 Å². The lowest BCUT2D eigenvalue weighted by molar-refractivity contribution is 0.559. The van der Waals surface area contributed by atoms with Gasteiger partial charge in [-0.1, -0.05) is 11.6 Å². The van der Waals surface area contributed by atoms with Gasteiger partial charge in [0.2, 0.25) is 0 Å². The number of nitrogen functional groups attached to an aromatic ring is 1. The molecule has 1 fully saturated rings. The summed E-state index contributed by atoms with van der Waals surface area (Å²) in [5, 5.41) is 3.65. The summed E-state index contributed by atoms with van der Waals surface area (Å²) in [6.07, 6.45) is 2.03. The molecule has 4 heteroatoms. The summed E-state index contributed by atoms with van der Waals surface area (Å²) in [7, 11) is 0. The number of nitrogens with one attached hydrogen (secondary N) is 1. The van der Waals surface area contributed by atoms with Crippen LogP contribution in [0.25, 0.3) is 0 Å². The zero-order chi connectivity index (χ0) is 10.1. The predicted molar refractivity (Wildman–Crippen MR) is 55.8 cm³/mol. The van der Waals surface area contributed by atoms with Gasteiger partial charge < -0.3 is 11.1 Å². The molecule has 2 rings (SSSR count). The second-order valence-electron chi connectivity index (χ2n) is 3.54. The number of benzene rings is 1. The molecule has 0 aromatic heterocycles. The van der Waals surface area contributed by atoms with Crippen molar-refractivity contribution < 1.29 is 4.39 Å². The molecule has 0 aliphatic carbocycles. The summed E-state index contributed by atoms with van der Waals surface area (Å²) in [6.45, 7) is 0.937. The van der Waals surface area contributed by atoms with Crippen molar-refractivity contribution in [2.24, 2.45) is 0 Å². The van der Waals surface area contributed by atoms with Gasteiger partial charge in [0.25, 0.3) is 0 Å². The molecule has 0 spiro atoms. The van der Waals surface area contributed by atoms with Crippen molar-refractivity contribution in [2.75, 3.05) is 12.3 Å². The fourth-order valence-corrected chi connectivity index (χ4v) is 1.97. The van der Waals surface area contributed by atoms with Crippen LogP contribution in [0.3, 0.4) is 0 Å². The fourth-order valence-electron chi connectivity index (χ4n) is 1.79. The van der Waals surface area contributed by atoms with Crippen LogP contribution in [-0.2, 0) is 0 Å². The molecule has 0 saturated carbocycles. The Morgan fingerprint density at radius 2 is 2.29 bits per heavy atom. The molecule has 1 unspecified atom stereocenters. The molecule has 1 saturated heterocycles. The second-order valence-corrected chi connectivity index (χ2v) is 3.95. The van der Waals surface area contributed by atoms with Crippen LogP contribution in [0.5, 0.6) is 0 Å². The number of hydrogen-bond acceptors (Lipinski definition) is 2. The van der Waals surface area contributed by atoms with Crippen LogP contribution in [0.1, 0.15) is 24.4 Å². The largest absolute Gasteiger partial charge is 0.397 e. The van der Waals surface area contributed by atoms with Crippen LogP contribution in [0, 0.1) is 5.82 Å². The molecule has 1 heterocycles. The number of anilines is 1. The number of halogens is 2. The minimum absolute atomic E-state index is 0.0908. The van der Waals surface area contributed by atoms with Gasteiger partial charge in [-0.2, -0.15) is 0 Å². The molecule has 1 aliphatic rings. The molecule has 0 amide bonds. The van der Waals surface area contributed by atoms with E-state index in [-0.39, 0.29) is 11.9 Å². The van der Waals surface area contributed by atoms with Gasteiger partial charge in [0.15, 0.2) is 0 Å². The topological polar surface area (TPSA) is 38.0 Å². The lowest BCUT2D eigenvalue weighted by Crippen LogP contribution is -2.14. The first-order valence-corrected chi connectivity index (χ1v) is 5.04. The number of hydrogen-bond donors (Lipinski definition) is 2. The van der Waals surface area contributed by atoms with E-state index >= 15 is 0 Å². The predicted octanol–water partition coefficient (Wildman–Crippen LogP) is 2.49. The molecule has 76 valence electrons. The minimum atomic E-state index is -0.272. The van der Waals surface area contributed by atoms with Crippen molar-refractivity contribution >= 4 is 17.3 Å². The van der Waals surface area contributed by atoms with Crippen LogP contribution in [0.4, 0.5) is 10.1 Å². The highest BCUT2D eigenvalue weighted by atomic mass is 35.5. The highest BCUT2D eigenvalue weighted by Crippen LogP contribution is 2.30. The standard InChI is InChI=1S/C10H12ClFN2/c11-7-4-6(8(12)5-9(7)13)10-2-1-3-14-10/h4-5,10,14H,1-3,13H2. The highest BCUT2D eigenvalue weighted by molar-refractivity contribution is 6.33. The minimum Gasteiger partial charge on any atom is -0.397 e. The molecule has 1 aromatic rings. The summed E-state index contributed by atoms with van der Waals surface area (Å²) in [4.78, 5) is 0. The lowest BCUT2D eigenvalue weighted by Gasteiger charge is -2.12. The van der Waals surface area contributed by atoms with Crippen molar-refractivity contribution in [1.82, 2.24) is 5.32 Å². The molecule has 1 aromatic carbocycles. The van der Waals surface area contributed by atoms with Crippen molar-refractivity contribution in [1.29, 1.82) is 0 Å². The maximum atomic E-state index is 13.5. The first kappa shape index (κ1) is 9.74. The van der Waals surface area contributed by atoms with Crippen LogP contribution in [0.15, 0.2) is 12.1 Å². The fraction of sp³-hybridized carbons (Fsp3) is 0.400. The van der Waals surface area contributed by atoms with E-state index in [4.69, 9.17) is 17.3 Å². The molecule has 14 heavy (non-hydrogen) atoms. The number of nitrogens with two attached hydrogens (primary N) is 1. The van der Waals surface area contributed by atoms with Gasteiger partial charge in [0, 0.05) is 11.6 Å². The Morgan fingerprint density at radius 1 is 1.50 bits per heavy atom. The molecule has 0 bridgehead atoms. The molecular formula is C10H12ClFN2. The first-order valence-electron chi connectivity index (χ1n) is 4.66. The Morgan fingerprint density at radius 3 is 2.93 bits per heavy atom. The van der Waals surface area contributed by atoms with Crippen LogP contribution in [0.2, 0.25) is 5.02 Å². The van der Waals surface area contributed by atoms with Crippen molar-refractivity contribution in [3.8, 4) is 0 Å². The van der Waals surface area contributed by atoms with Gasteiger partial charge in [0.05, 0.1) is 10.7 Å². The maximum Gasteiger partial charge on any atom is 0.130 e. The zero-order valence-electron chi connectivity index (χ0n) is 7.69. The van der Waals surface area contributed by atoms with Gasteiger partial charge in [-0.3, -0.25) is 0 Å². The van der Waals surface area contributed by atoms with Gasteiger partial charge in [-0.05, 0) is 31.5 Å². The molecule has 3 N–H and O–H groups in total. The Labute approximate surface area is 87.2 Å². The third kappa shape index (κ3) is 1.70. The van der Waals surface area contributed by atoms with Gasteiger partial charge in [0.1, 0.15) is 5.82 Å². The average Bonchev–Trinajstić information content (AvgIpc) is 2.64. The van der Waals surface area contributed by atoms with E-state index in [1.165, 1.54) is 6.07 Å². The summed E-state index contributed by atoms with van der Waals surface area (Å²) >= 11 is 5.84. The van der Waals surface area contributed by atoms with Gasteiger partial charge >= 0.3 is 0 Å². The van der Waals surface area contributed by atoms with Crippen molar-refractivity contribution in [2.45, 2.75) is 18.9 Å². The van der Waals surface area contributed by atoms with Crippen molar-refractivity contribution in [3.05, 3.63) is 28.5 Å². The Hall–Kier alpha value is -0.800. The van der Waals surface area contributed by atoms with E-state index in [1.54, 1.807) is 6.07 Å². The van der Waals surface area contributed by atoms with Gasteiger partial charge in [-0.15, -0.1) is 0 Å². The Balaban J connectivity index is 2.37. The monoisotopic (exact) mass is 214 g/mol. The molecule has 1 aliphatic heterocycles. The Bertz CT molecular complexity index is 348. The number of rotatable bonds is 1. The lowest BCUT2D eigenvalue weighted by atomic mass is 10.0. The smallest absolute Gasteiger partial charge is 0.130 e. The van der Waals surface area contributed by atoms with Gasteiger partial charge in [-0.25, -0.2) is 4.39 Å². The molecule has 2 nitrogen and oxygen atoms in total. The molecule has 0 radical (unpaired) electrons. The van der Waals surface area contributed by atoms with Crippen molar-refractivity contribution in [3.63, 3.8) is 0 Å². The van der Waals surface area contributed by atoms with Crippen LogP contribution in [-0.4, -0.2) is 6.54 Å². The summed E-state index contributed by atoms with van der Waals surface area (Å²) in [5.74, 6) is -0.272. The van der Waals surface area contributed by atoms with E-state index < -0.39 is 0 Å². The third-order valence-corrected chi connectivity index (χ3v) is 2.88. The second kappa shape index (κ2) is 3.75. The van der Waals surface area contributed by atoms with E-state index in [0.717, 1.165) is 19.4 Å². The summed E-state index contributed by atoms with van der Waals surface area (Å²) in [5.41, 5.74) is 6.42. The Kier molecular flexibility index (Phi) is 2.61. The normalized spacial score (nSPS) is 21.4. The first-order chi connectivity index (χ1) is 6.68. The maximum absolute atomic E-state index is 13.5. The van der Waals surface area contributed by atoms with E-state index in [1.807, 2.05) is 0 Å². The average molecular weight is 215 g/mol. The molecule has 1 atom stereocenters. The summed E-state index contributed by atoms with van der Waals surface area (Å²) < 4.78 is 13.5. The third-order valence-electron chi connectivity index (χ3n) is 2.55. The molecular weight excluding hydrogens is 203 g/mol.